The molecule has 0 bridgehead atoms. The van der Waals surface area contributed by atoms with Crippen molar-refractivity contribution in [3.8, 4) is 0 Å². The molecular weight excluding hydrogens is 427 g/mol. The highest BCUT2D eigenvalue weighted by molar-refractivity contribution is 6.08. The van der Waals surface area contributed by atoms with E-state index >= 15 is 0 Å². The lowest BCUT2D eigenvalue weighted by Gasteiger charge is -2.19. The van der Waals surface area contributed by atoms with Crippen molar-refractivity contribution in [3.05, 3.63) is 59.2 Å². The molecule has 4 rings (SSSR count). The second kappa shape index (κ2) is 8.58. The average molecular weight is 447 g/mol. The summed E-state index contributed by atoms with van der Waals surface area (Å²) in [5.41, 5.74) is 0.134. The second-order valence-corrected chi connectivity index (χ2v) is 7.37. The molecular formula is C21H20F3N5O3. The van der Waals surface area contributed by atoms with Crippen molar-refractivity contribution < 1.29 is 27.5 Å². The molecule has 1 saturated heterocycles. The number of halogens is 3. The van der Waals surface area contributed by atoms with Crippen LogP contribution in [0.5, 0.6) is 0 Å². The predicted molar refractivity (Wildman–Crippen MR) is 109 cm³/mol. The van der Waals surface area contributed by atoms with Crippen molar-refractivity contribution in [3.63, 3.8) is 0 Å². The van der Waals surface area contributed by atoms with Crippen molar-refractivity contribution in [2.24, 2.45) is 0 Å². The fraction of sp³-hybridized carbons (Fsp3) is 0.333. The molecule has 1 aliphatic heterocycles. The zero-order chi connectivity index (χ0) is 22.9. The predicted octanol–water partition coefficient (Wildman–Crippen LogP) is 3.25. The molecule has 0 atom stereocenters. The maximum absolute atomic E-state index is 12.9. The van der Waals surface area contributed by atoms with E-state index in [1.165, 1.54) is 19.3 Å². The van der Waals surface area contributed by atoms with Crippen LogP contribution in [0, 0.1) is 0 Å². The highest BCUT2D eigenvalue weighted by Crippen LogP contribution is 2.29. The second-order valence-electron chi connectivity index (χ2n) is 7.37. The van der Waals surface area contributed by atoms with Crippen molar-refractivity contribution >= 4 is 23.0 Å². The normalized spacial score (nSPS) is 15.0. The van der Waals surface area contributed by atoms with Gasteiger partial charge in [-0.15, -0.1) is 0 Å². The van der Waals surface area contributed by atoms with E-state index in [1.807, 2.05) is 6.07 Å². The summed E-state index contributed by atoms with van der Waals surface area (Å²) in [6, 6.07) is 6.48. The van der Waals surface area contributed by atoms with Gasteiger partial charge >= 0.3 is 6.18 Å². The number of pyridine rings is 2. The van der Waals surface area contributed by atoms with Gasteiger partial charge in [0, 0.05) is 32.4 Å². The van der Waals surface area contributed by atoms with E-state index in [0.29, 0.717) is 18.7 Å². The summed E-state index contributed by atoms with van der Waals surface area (Å²) in [4.78, 5) is 28.4. The number of fused-ring (bicyclic) bond motifs is 1. The SMILES string of the molecule is CNC(=O)c1cn2nc(C3CCOCC3)cc2cc1NC(=O)c1cccc(C(F)(F)F)n1. The molecule has 1 aliphatic rings. The molecule has 0 radical (unpaired) electrons. The molecule has 0 spiro atoms. The van der Waals surface area contributed by atoms with E-state index in [-0.39, 0.29) is 17.2 Å². The van der Waals surface area contributed by atoms with Crippen LogP contribution in [0.4, 0.5) is 18.9 Å². The summed E-state index contributed by atoms with van der Waals surface area (Å²) >= 11 is 0. The Morgan fingerprint density at radius 3 is 2.59 bits per heavy atom. The molecule has 2 N–H and O–H groups in total. The quantitative estimate of drug-likeness (QED) is 0.640. The number of carbonyl (C=O) groups excluding carboxylic acids is 2. The van der Waals surface area contributed by atoms with Crippen molar-refractivity contribution in [1.82, 2.24) is 19.9 Å². The number of alkyl halides is 3. The smallest absolute Gasteiger partial charge is 0.381 e. The van der Waals surface area contributed by atoms with Crippen LogP contribution in [0.2, 0.25) is 0 Å². The van der Waals surface area contributed by atoms with Gasteiger partial charge in [-0.1, -0.05) is 6.07 Å². The molecule has 32 heavy (non-hydrogen) atoms. The highest BCUT2D eigenvalue weighted by Gasteiger charge is 2.33. The minimum absolute atomic E-state index is 0.113. The van der Waals surface area contributed by atoms with Gasteiger partial charge in [0.2, 0.25) is 0 Å². The lowest BCUT2D eigenvalue weighted by atomic mass is 9.97. The van der Waals surface area contributed by atoms with Gasteiger partial charge in [0.25, 0.3) is 11.8 Å². The maximum Gasteiger partial charge on any atom is 0.433 e. The monoisotopic (exact) mass is 447 g/mol. The number of carbonyl (C=O) groups is 2. The molecule has 0 aromatic carbocycles. The summed E-state index contributed by atoms with van der Waals surface area (Å²) < 4.78 is 45.8. The first-order valence-corrected chi connectivity index (χ1v) is 9.95. The third-order valence-electron chi connectivity index (χ3n) is 5.25. The number of amides is 2. The van der Waals surface area contributed by atoms with E-state index in [9.17, 15) is 22.8 Å². The lowest BCUT2D eigenvalue weighted by Crippen LogP contribution is -2.23. The molecule has 0 saturated carbocycles. The Bertz CT molecular complexity index is 1170. The zero-order valence-corrected chi connectivity index (χ0v) is 17.1. The molecule has 2 amide bonds. The summed E-state index contributed by atoms with van der Waals surface area (Å²) in [6.07, 6.45) is -1.54. The third kappa shape index (κ3) is 4.42. The van der Waals surface area contributed by atoms with E-state index in [2.05, 4.69) is 20.7 Å². The highest BCUT2D eigenvalue weighted by atomic mass is 19.4. The van der Waals surface area contributed by atoms with Crippen LogP contribution >= 0.6 is 0 Å². The van der Waals surface area contributed by atoms with Gasteiger partial charge in [-0.2, -0.15) is 18.3 Å². The number of hydrogen-bond donors (Lipinski definition) is 2. The summed E-state index contributed by atoms with van der Waals surface area (Å²) in [7, 11) is 1.43. The third-order valence-corrected chi connectivity index (χ3v) is 5.25. The molecule has 0 aliphatic carbocycles. The fourth-order valence-corrected chi connectivity index (χ4v) is 3.57. The first-order valence-electron chi connectivity index (χ1n) is 9.95. The zero-order valence-electron chi connectivity index (χ0n) is 17.1. The Labute approximate surface area is 180 Å². The van der Waals surface area contributed by atoms with E-state index in [4.69, 9.17) is 4.74 Å². The minimum Gasteiger partial charge on any atom is -0.381 e. The summed E-state index contributed by atoms with van der Waals surface area (Å²) in [5, 5.41) is 9.56. The van der Waals surface area contributed by atoms with Gasteiger partial charge in [0.1, 0.15) is 11.4 Å². The number of aromatic nitrogens is 3. The Morgan fingerprint density at radius 2 is 1.91 bits per heavy atom. The number of anilines is 1. The molecule has 4 heterocycles. The Balaban J connectivity index is 1.68. The standard InChI is InChI=1S/C21H20F3N5O3/c1-25-19(30)14-11-29-13(9-16(28-29)12-5-7-32-8-6-12)10-17(14)27-20(31)15-3-2-4-18(26-15)21(22,23)24/h2-4,9-12H,5-8H2,1H3,(H,25,30)(H,27,31). The molecule has 0 unspecified atom stereocenters. The van der Waals surface area contributed by atoms with E-state index < -0.39 is 29.4 Å². The van der Waals surface area contributed by atoms with Crippen LogP contribution in [-0.2, 0) is 10.9 Å². The first kappa shape index (κ1) is 21.8. The summed E-state index contributed by atoms with van der Waals surface area (Å²) in [6.45, 7) is 1.29. The average Bonchev–Trinajstić information content (AvgIpc) is 3.21. The Kier molecular flexibility index (Phi) is 5.83. The number of hydrogen-bond acceptors (Lipinski definition) is 5. The minimum atomic E-state index is -4.68. The molecule has 1 fully saturated rings. The van der Waals surface area contributed by atoms with E-state index in [1.54, 1.807) is 10.6 Å². The van der Waals surface area contributed by atoms with Crippen LogP contribution in [0.3, 0.4) is 0 Å². The van der Waals surface area contributed by atoms with Gasteiger partial charge in [0.15, 0.2) is 0 Å². The lowest BCUT2D eigenvalue weighted by molar-refractivity contribution is -0.141. The maximum atomic E-state index is 12.9. The van der Waals surface area contributed by atoms with Crippen LogP contribution in [0.15, 0.2) is 36.5 Å². The largest absolute Gasteiger partial charge is 0.433 e. The number of ether oxygens (including phenoxy) is 1. The van der Waals surface area contributed by atoms with Gasteiger partial charge < -0.3 is 15.4 Å². The van der Waals surface area contributed by atoms with Crippen molar-refractivity contribution in [2.45, 2.75) is 24.9 Å². The fourth-order valence-electron chi connectivity index (χ4n) is 3.57. The van der Waals surface area contributed by atoms with Crippen LogP contribution in [-0.4, -0.2) is 46.7 Å². The molecule has 8 nitrogen and oxygen atoms in total. The van der Waals surface area contributed by atoms with Crippen LogP contribution in [0.25, 0.3) is 5.52 Å². The van der Waals surface area contributed by atoms with Crippen molar-refractivity contribution in [2.75, 3.05) is 25.6 Å². The first-order chi connectivity index (χ1) is 15.3. The van der Waals surface area contributed by atoms with E-state index in [0.717, 1.165) is 30.7 Å². The molecule has 3 aromatic rings. The van der Waals surface area contributed by atoms with Gasteiger partial charge in [0.05, 0.1) is 22.5 Å². The molecule has 3 aromatic heterocycles. The van der Waals surface area contributed by atoms with Crippen molar-refractivity contribution in [1.29, 1.82) is 0 Å². The molecule has 168 valence electrons. The molecule has 11 heteroatoms. The topological polar surface area (TPSA) is 97.6 Å². The Morgan fingerprint density at radius 1 is 1.16 bits per heavy atom. The van der Waals surface area contributed by atoms with Gasteiger partial charge in [-0.3, -0.25) is 9.59 Å². The number of nitrogens with one attached hydrogen (secondary N) is 2. The number of rotatable bonds is 4. The Hall–Kier alpha value is -3.47. The van der Waals surface area contributed by atoms with Gasteiger partial charge in [-0.25, -0.2) is 9.50 Å². The summed E-state index contributed by atoms with van der Waals surface area (Å²) in [5.74, 6) is -1.13. The van der Waals surface area contributed by atoms with Gasteiger partial charge in [-0.05, 0) is 37.1 Å². The van der Waals surface area contributed by atoms with Crippen LogP contribution < -0.4 is 10.6 Å². The van der Waals surface area contributed by atoms with Crippen LogP contribution in [0.1, 0.15) is 51.0 Å². The number of nitrogens with zero attached hydrogens (tertiary/aromatic N) is 3.